The van der Waals surface area contributed by atoms with E-state index in [0.29, 0.717) is 53.5 Å². The zero-order valence-electron chi connectivity index (χ0n) is 83.4. The molecule has 0 spiro atoms. The van der Waals surface area contributed by atoms with E-state index in [2.05, 4.69) is 165 Å². The van der Waals surface area contributed by atoms with Crippen LogP contribution in [0, 0.1) is 0 Å². The molecule has 126 heavy (non-hydrogen) atoms. The number of hydrogen-bond acceptors (Lipinski definition) is 21. The summed E-state index contributed by atoms with van der Waals surface area (Å²) in [5.74, 6) is 5.35. The molecule has 0 saturated carbocycles. The summed E-state index contributed by atoms with van der Waals surface area (Å²) in [5.41, 5.74) is 4.21. The van der Waals surface area contributed by atoms with Crippen molar-refractivity contribution in [2.24, 2.45) is 0 Å². The summed E-state index contributed by atoms with van der Waals surface area (Å²) in [4.78, 5) is 10.4. The molecular weight excluding hydrogens is 1840 g/mol. The first-order valence-corrected chi connectivity index (χ1v) is 51.0. The lowest BCUT2D eigenvalue weighted by atomic mass is 9.79. The van der Waals surface area contributed by atoms with Crippen LogP contribution in [0.3, 0.4) is 0 Å². The molecule has 5 aromatic rings. The molecule has 0 fully saturated rings. The highest BCUT2D eigenvalue weighted by Gasteiger charge is 2.34. The number of ether oxygens (including phenoxy) is 8. The molecule has 0 saturated heterocycles. The number of benzene rings is 5. The Balaban J connectivity index is -0.000000691. The van der Waals surface area contributed by atoms with Gasteiger partial charge in [0.1, 0.15) is 42.0 Å². The standard InChI is InChI=1S/C21H37O6P.C17H28O3.C17H28O2.C15H24O2.C9H20O.C8H10O3.C8H16O.C4H10O3P.BBr3/c1-8-11-12-13-14-21(4,5)17-15-18(23-6)20(19(16-17)24-7)27-28(22,25-9-2)26-10-3;1-6-7-8-9-10-17(2,3)13-11-14(19-4)16(18)15(12-13)20-5;1-6-7-8-9-10-17(2,3)14-11-15(18-4)13-16(12-14)19-5;1-4-5-6-7-8-15(2,3)12-9-13(16)11-14(17)10-12;1-4-5-6-7-8-9(2,3)10;1-10-6-4-3-5-7(11-2)8(6)9;1-3-4-5-6-7-8(2)9;1-3-6-8(5)7-4-2;2-1(3)4/h15-16H,8-14H2,1-7H3;11-12,18H,6-10H2,1-5H3;11-13H,6-10H2,1-5H3;9-11,16-17H,4-8H2,1-3H3;10H,4-8H2,1-3H3;3-5,9H,1-2H3;3-7H2,1-2H3;3-4H2,1-2H3;/q;;;;;;;+1;. The zero-order chi connectivity index (χ0) is 97.0. The number of phosphoric acid groups is 1. The number of ketones is 1. The number of carbonyl (C=O) groups excluding carboxylic acids is 1. The molecular formula is C99H173BBr3O21P2+. The van der Waals surface area contributed by atoms with Crippen molar-refractivity contribution in [3.8, 4) is 74.7 Å². The minimum atomic E-state index is -3.76. The number of methoxy groups -OCH3 is 8. The monoisotopic (exact) mass is 2010 g/mol. The Morgan fingerprint density at radius 1 is 0.373 bits per heavy atom. The second-order valence-electron chi connectivity index (χ2n) is 33.9. The van der Waals surface area contributed by atoms with E-state index in [4.69, 9.17) is 51.5 Å². The van der Waals surface area contributed by atoms with Crippen LogP contribution in [0.1, 0.15) is 360 Å². The summed E-state index contributed by atoms with van der Waals surface area (Å²) in [6.45, 7) is 44.7. The Morgan fingerprint density at radius 3 is 0.921 bits per heavy atom. The topological polar surface area (TPSA) is 272 Å². The van der Waals surface area contributed by atoms with E-state index in [1.54, 1.807) is 108 Å². The van der Waals surface area contributed by atoms with E-state index >= 15 is 0 Å². The summed E-state index contributed by atoms with van der Waals surface area (Å²) in [5, 5.41) is 47.6. The fourth-order valence-corrected chi connectivity index (χ4v) is 14.5. The van der Waals surface area contributed by atoms with E-state index in [0.717, 1.165) is 79.6 Å². The van der Waals surface area contributed by atoms with E-state index in [9.17, 15) is 39.5 Å². The Morgan fingerprint density at radius 2 is 0.651 bits per heavy atom. The van der Waals surface area contributed by atoms with Crippen molar-refractivity contribution < 1.29 is 100.0 Å². The van der Waals surface area contributed by atoms with Crippen LogP contribution in [-0.4, -0.2) is 123 Å². The molecule has 5 N–H and O–H groups in total. The van der Waals surface area contributed by atoms with Crippen molar-refractivity contribution in [1.82, 2.24) is 0 Å². The smallest absolute Gasteiger partial charge is 0.508 e. The van der Waals surface area contributed by atoms with Crippen LogP contribution in [0.25, 0.3) is 0 Å². The summed E-state index contributed by atoms with van der Waals surface area (Å²) in [6.07, 6.45) is 36.0. The molecule has 27 heteroatoms. The van der Waals surface area contributed by atoms with Crippen LogP contribution in [0.15, 0.2) is 78.9 Å². The van der Waals surface area contributed by atoms with E-state index < -0.39 is 21.7 Å². The first kappa shape index (κ1) is 127. The highest BCUT2D eigenvalue weighted by molar-refractivity contribution is 9.69. The highest BCUT2D eigenvalue weighted by Crippen LogP contribution is 2.55. The van der Waals surface area contributed by atoms with Crippen LogP contribution in [0.4, 0.5) is 0 Å². The van der Waals surface area contributed by atoms with Gasteiger partial charge in [-0.05, 0) is 192 Å². The molecule has 5 rings (SSSR count). The van der Waals surface area contributed by atoms with Gasteiger partial charge in [-0.3, -0.25) is 9.05 Å². The van der Waals surface area contributed by atoms with Crippen molar-refractivity contribution >= 4 is 72.3 Å². The largest absolute Gasteiger partial charge is 0.697 e. The quantitative estimate of drug-likeness (QED) is 0.0137. The molecule has 0 aliphatic rings. The van der Waals surface area contributed by atoms with Gasteiger partial charge in [0, 0.05) is 23.1 Å². The van der Waals surface area contributed by atoms with Crippen molar-refractivity contribution in [3.05, 3.63) is 101 Å². The first-order valence-electron chi connectivity index (χ1n) is 45.7. The number of unbranched alkanes of at least 4 members (excludes halogenated alkanes) is 18. The maximum absolute atomic E-state index is 12.8. The number of phenols is 4. The Hall–Kier alpha value is -5.20. The Labute approximate surface area is 791 Å². The number of halogens is 3. The lowest BCUT2D eigenvalue weighted by Gasteiger charge is -2.28. The number of phenolic OH excluding ortho intramolecular Hbond substituents is 4. The number of phosphoric ester groups is 1. The van der Waals surface area contributed by atoms with E-state index in [1.165, 1.54) is 167 Å². The number of aliphatic hydroxyl groups is 1. The third-order valence-corrected chi connectivity index (χ3v) is 23.1. The number of rotatable bonds is 52. The van der Waals surface area contributed by atoms with Gasteiger partial charge >= 0.3 is 19.3 Å². The SMILES string of the molecule is BrB(Br)Br.CCCCCCC(C)(C)O.CCCCCCC(C)(C)c1cc(O)cc(O)c1.CCCCCCC(C)(C)c1cc(OC)c(O)c(OC)c1.CCCCCCC(C)(C)c1cc(OC)c(OP(=O)(OCC)OCC)c(OC)c1.CCCCCCC(C)(C)c1cc(OC)cc(OC)c1.CCCCCCC(C)=O.CCO[P+](=O)OCC.COc1cccc(OC)c1O. The number of para-hydroxylation sites is 1. The van der Waals surface area contributed by atoms with Crippen LogP contribution in [0.2, 0.25) is 0 Å². The number of carbonyl (C=O) groups is 1. The fraction of sp³-hybridized carbons (Fsp3) is 0.687. The molecule has 21 nitrogen and oxygen atoms in total. The van der Waals surface area contributed by atoms with Crippen molar-refractivity contribution in [2.45, 2.75) is 365 Å². The van der Waals surface area contributed by atoms with Crippen molar-refractivity contribution in [1.29, 1.82) is 0 Å². The third-order valence-electron chi connectivity index (χ3n) is 20.6. The van der Waals surface area contributed by atoms with Gasteiger partial charge in [0.15, 0.2) is 34.5 Å². The molecule has 728 valence electrons. The maximum Gasteiger partial charge on any atom is 0.697 e. The molecule has 0 bridgehead atoms. The van der Waals surface area contributed by atoms with Crippen LogP contribution < -0.4 is 42.4 Å². The van der Waals surface area contributed by atoms with Crippen LogP contribution >= 0.6 is 63.3 Å². The van der Waals surface area contributed by atoms with Gasteiger partial charge in [-0.2, -0.15) is 0 Å². The lowest BCUT2D eigenvalue weighted by Crippen LogP contribution is -2.17. The lowest BCUT2D eigenvalue weighted by molar-refractivity contribution is -0.117. The van der Waals surface area contributed by atoms with E-state index in [-0.39, 0.29) is 66.8 Å². The average Bonchev–Trinajstić information content (AvgIpc) is 0.799. The van der Waals surface area contributed by atoms with Gasteiger partial charge in [-0.1, -0.05) is 251 Å². The summed E-state index contributed by atoms with van der Waals surface area (Å²) in [6, 6.07) is 23.8. The summed E-state index contributed by atoms with van der Waals surface area (Å²) in [7, 11) is 7.02. The molecule has 0 heterocycles. The highest BCUT2D eigenvalue weighted by atomic mass is 79.9. The van der Waals surface area contributed by atoms with Crippen molar-refractivity contribution in [2.75, 3.05) is 83.3 Å². The molecule has 0 aliphatic heterocycles. The molecule has 0 atom stereocenters. The molecule has 0 aromatic heterocycles. The molecule has 0 amide bonds. The van der Waals surface area contributed by atoms with Gasteiger partial charge in [0.25, 0.3) is 0 Å². The number of aromatic hydroxyl groups is 4. The summed E-state index contributed by atoms with van der Waals surface area (Å²) < 4.78 is 90.7. The minimum Gasteiger partial charge on any atom is -0.508 e. The van der Waals surface area contributed by atoms with Gasteiger partial charge in [-0.15, -0.1) is 56.3 Å². The van der Waals surface area contributed by atoms with E-state index in [1.807, 2.05) is 44.2 Å². The maximum atomic E-state index is 12.8. The minimum absolute atomic E-state index is 0.00393. The predicted molar refractivity (Wildman–Crippen MR) is 538 cm³/mol. The third kappa shape index (κ3) is 60.7. The van der Waals surface area contributed by atoms with Crippen molar-refractivity contribution in [3.63, 3.8) is 0 Å². The van der Waals surface area contributed by atoms with Crippen LogP contribution in [0.5, 0.6) is 74.7 Å². The van der Waals surface area contributed by atoms with Gasteiger partial charge in [-0.25, -0.2) is 4.57 Å². The zero-order valence-corrected chi connectivity index (χ0v) is 90.0. The normalized spacial score (nSPS) is 11.1. The van der Waals surface area contributed by atoms with Gasteiger partial charge < -0.3 is 72.7 Å². The van der Waals surface area contributed by atoms with Gasteiger partial charge in [0.2, 0.25) is 17.2 Å². The fourth-order valence-electron chi connectivity index (χ4n) is 12.8. The number of Topliss-reactive ketones (excluding diaryl/α,β-unsaturated/α-hetero) is 1. The number of hydrogen-bond donors (Lipinski definition) is 5. The summed E-state index contributed by atoms with van der Waals surface area (Å²) >= 11 is 9.31. The van der Waals surface area contributed by atoms with Crippen LogP contribution in [-0.2, 0) is 53.7 Å². The predicted octanol–water partition coefficient (Wildman–Crippen LogP) is 31.0. The first-order chi connectivity index (χ1) is 59.4. The second-order valence-corrected chi connectivity index (χ2v) is 42.9. The molecule has 5 aromatic carbocycles. The molecule has 0 radical (unpaired) electrons. The average molecular weight is 2010 g/mol. The Bertz CT molecular complexity index is 3490. The molecule has 0 unspecified atom stereocenters. The molecule has 0 aliphatic carbocycles. The van der Waals surface area contributed by atoms with Gasteiger partial charge in [0.05, 0.1) is 75.7 Å². The second kappa shape index (κ2) is 74.4. The Kier molecular flexibility index (Phi) is 75.0.